The molecule has 0 bridgehead atoms. The molecule has 1 heterocycles. The van der Waals surface area contributed by atoms with Crippen molar-refractivity contribution < 1.29 is 0 Å². The van der Waals surface area contributed by atoms with Gasteiger partial charge in [-0.25, -0.2) is 0 Å². The van der Waals surface area contributed by atoms with Gasteiger partial charge in [0.05, 0.1) is 0 Å². The molecule has 0 radical (unpaired) electrons. The third-order valence-electron chi connectivity index (χ3n) is 4.50. The van der Waals surface area contributed by atoms with Crippen molar-refractivity contribution in [2.75, 3.05) is 19.6 Å². The monoisotopic (exact) mass is 224 g/mol. The second kappa shape index (κ2) is 5.50. The van der Waals surface area contributed by atoms with Crippen molar-refractivity contribution in [1.82, 2.24) is 4.90 Å². The number of hydrogen-bond acceptors (Lipinski definition) is 2. The van der Waals surface area contributed by atoms with Gasteiger partial charge >= 0.3 is 0 Å². The molecule has 4 unspecified atom stereocenters. The summed E-state index contributed by atoms with van der Waals surface area (Å²) in [6.45, 7) is 8.37. The van der Waals surface area contributed by atoms with Crippen molar-refractivity contribution in [3.05, 3.63) is 0 Å². The standard InChI is InChI=1S/C14H28N2/c1-11-6-12(2)10-16(9-11)14-5-3-4-13(7-14)8-15/h11-14H,3-10,15H2,1-2H3. The molecular formula is C14H28N2. The van der Waals surface area contributed by atoms with Crippen LogP contribution < -0.4 is 5.73 Å². The minimum absolute atomic E-state index is 0.797. The van der Waals surface area contributed by atoms with Gasteiger partial charge in [0, 0.05) is 19.1 Å². The van der Waals surface area contributed by atoms with E-state index in [-0.39, 0.29) is 0 Å². The first-order chi connectivity index (χ1) is 7.69. The maximum Gasteiger partial charge on any atom is 0.00985 e. The minimum atomic E-state index is 0.797. The van der Waals surface area contributed by atoms with E-state index >= 15 is 0 Å². The molecule has 1 aliphatic carbocycles. The second-order valence-corrected chi connectivity index (χ2v) is 6.32. The molecule has 0 aromatic carbocycles. The van der Waals surface area contributed by atoms with Gasteiger partial charge in [-0.1, -0.05) is 20.3 Å². The van der Waals surface area contributed by atoms with Crippen molar-refractivity contribution in [2.45, 2.75) is 52.0 Å². The van der Waals surface area contributed by atoms with Crippen LogP contribution in [0.15, 0.2) is 0 Å². The van der Waals surface area contributed by atoms with Crippen LogP contribution in [0.2, 0.25) is 0 Å². The highest BCUT2D eigenvalue weighted by Gasteiger charge is 2.30. The molecule has 0 spiro atoms. The lowest BCUT2D eigenvalue weighted by Crippen LogP contribution is -2.47. The first-order valence-corrected chi connectivity index (χ1v) is 7.13. The Morgan fingerprint density at radius 3 is 2.38 bits per heavy atom. The summed E-state index contributed by atoms with van der Waals surface area (Å²) in [5, 5.41) is 0. The summed E-state index contributed by atoms with van der Waals surface area (Å²) < 4.78 is 0. The minimum Gasteiger partial charge on any atom is -0.330 e. The molecule has 16 heavy (non-hydrogen) atoms. The van der Waals surface area contributed by atoms with Gasteiger partial charge in [0.2, 0.25) is 0 Å². The van der Waals surface area contributed by atoms with Crippen molar-refractivity contribution in [1.29, 1.82) is 0 Å². The summed E-state index contributed by atoms with van der Waals surface area (Å²) in [6, 6.07) is 0.840. The van der Waals surface area contributed by atoms with Crippen LogP contribution in [0.25, 0.3) is 0 Å². The maximum absolute atomic E-state index is 5.83. The molecule has 2 aliphatic rings. The number of rotatable bonds is 2. The first-order valence-electron chi connectivity index (χ1n) is 7.13. The molecule has 2 fully saturated rings. The Bertz CT molecular complexity index is 207. The summed E-state index contributed by atoms with van der Waals surface area (Å²) in [4.78, 5) is 2.76. The van der Waals surface area contributed by atoms with E-state index in [9.17, 15) is 0 Å². The van der Waals surface area contributed by atoms with E-state index in [1.807, 2.05) is 0 Å². The quantitative estimate of drug-likeness (QED) is 0.781. The fourth-order valence-corrected chi connectivity index (χ4v) is 3.82. The molecule has 2 nitrogen and oxygen atoms in total. The van der Waals surface area contributed by atoms with Crippen molar-refractivity contribution >= 4 is 0 Å². The van der Waals surface area contributed by atoms with Crippen LogP contribution in [0.5, 0.6) is 0 Å². The zero-order chi connectivity index (χ0) is 11.5. The van der Waals surface area contributed by atoms with Gasteiger partial charge in [-0.15, -0.1) is 0 Å². The Kier molecular flexibility index (Phi) is 4.26. The number of piperidine rings is 1. The lowest BCUT2D eigenvalue weighted by molar-refractivity contribution is 0.0636. The van der Waals surface area contributed by atoms with Gasteiger partial charge in [-0.3, -0.25) is 4.90 Å². The normalized spacial score (nSPS) is 42.2. The Labute approximate surface area is 101 Å². The average Bonchev–Trinajstić information content (AvgIpc) is 2.28. The zero-order valence-corrected chi connectivity index (χ0v) is 11.0. The highest BCUT2D eigenvalue weighted by molar-refractivity contribution is 4.85. The lowest BCUT2D eigenvalue weighted by Gasteiger charge is -2.43. The predicted molar refractivity (Wildman–Crippen MR) is 69.3 cm³/mol. The first kappa shape index (κ1) is 12.4. The van der Waals surface area contributed by atoms with Crippen LogP contribution in [0.3, 0.4) is 0 Å². The van der Waals surface area contributed by atoms with Crippen molar-refractivity contribution in [2.24, 2.45) is 23.5 Å². The van der Waals surface area contributed by atoms with Crippen molar-refractivity contribution in [3.8, 4) is 0 Å². The lowest BCUT2D eigenvalue weighted by atomic mass is 9.82. The fourth-order valence-electron chi connectivity index (χ4n) is 3.82. The second-order valence-electron chi connectivity index (χ2n) is 6.32. The summed E-state index contributed by atoms with van der Waals surface area (Å²) in [5.41, 5.74) is 5.83. The van der Waals surface area contributed by atoms with Gasteiger partial charge in [-0.05, 0) is 50.0 Å². The van der Waals surface area contributed by atoms with Crippen LogP contribution in [0, 0.1) is 17.8 Å². The van der Waals surface area contributed by atoms with Crippen LogP contribution in [0.4, 0.5) is 0 Å². The summed E-state index contributed by atoms with van der Waals surface area (Å²) in [7, 11) is 0. The van der Waals surface area contributed by atoms with E-state index in [2.05, 4.69) is 18.7 Å². The maximum atomic E-state index is 5.83. The predicted octanol–water partition coefficient (Wildman–Crippen LogP) is 2.48. The Morgan fingerprint density at radius 1 is 1.06 bits per heavy atom. The van der Waals surface area contributed by atoms with Gasteiger partial charge in [-0.2, -0.15) is 0 Å². The number of nitrogens with two attached hydrogens (primary N) is 1. The molecule has 2 rings (SSSR count). The van der Waals surface area contributed by atoms with Gasteiger partial charge in [0.1, 0.15) is 0 Å². The molecule has 2 N–H and O–H groups in total. The summed E-state index contributed by atoms with van der Waals surface area (Å²) >= 11 is 0. The molecule has 1 saturated heterocycles. The van der Waals surface area contributed by atoms with Gasteiger partial charge in [0.15, 0.2) is 0 Å². The molecular weight excluding hydrogens is 196 g/mol. The summed E-state index contributed by atoms with van der Waals surface area (Å²) in [5.74, 6) is 2.58. The van der Waals surface area contributed by atoms with E-state index in [0.717, 1.165) is 30.3 Å². The molecule has 0 aromatic rings. The van der Waals surface area contributed by atoms with Crippen LogP contribution in [-0.4, -0.2) is 30.6 Å². The van der Waals surface area contributed by atoms with E-state index in [1.165, 1.54) is 45.2 Å². The molecule has 1 aliphatic heterocycles. The van der Waals surface area contributed by atoms with Crippen LogP contribution >= 0.6 is 0 Å². The molecule has 94 valence electrons. The average molecular weight is 224 g/mol. The van der Waals surface area contributed by atoms with Crippen LogP contribution in [0.1, 0.15) is 46.0 Å². The van der Waals surface area contributed by atoms with Gasteiger partial charge in [0.25, 0.3) is 0 Å². The third kappa shape index (κ3) is 2.98. The highest BCUT2D eigenvalue weighted by atomic mass is 15.2. The van der Waals surface area contributed by atoms with E-state index < -0.39 is 0 Å². The van der Waals surface area contributed by atoms with E-state index in [4.69, 9.17) is 5.73 Å². The molecule has 4 atom stereocenters. The number of likely N-dealkylation sites (tertiary alicyclic amines) is 1. The highest BCUT2D eigenvalue weighted by Crippen LogP contribution is 2.31. The van der Waals surface area contributed by atoms with E-state index in [1.54, 1.807) is 0 Å². The van der Waals surface area contributed by atoms with E-state index in [0.29, 0.717) is 0 Å². The smallest absolute Gasteiger partial charge is 0.00985 e. The Hall–Kier alpha value is -0.0800. The molecule has 0 amide bonds. The zero-order valence-electron chi connectivity index (χ0n) is 11.0. The summed E-state index contributed by atoms with van der Waals surface area (Å²) in [6.07, 6.45) is 6.95. The van der Waals surface area contributed by atoms with Crippen LogP contribution in [-0.2, 0) is 0 Å². The largest absolute Gasteiger partial charge is 0.330 e. The molecule has 1 saturated carbocycles. The number of nitrogens with zero attached hydrogens (tertiary/aromatic N) is 1. The van der Waals surface area contributed by atoms with Gasteiger partial charge < -0.3 is 5.73 Å². The Balaban J connectivity index is 1.90. The Morgan fingerprint density at radius 2 is 1.75 bits per heavy atom. The van der Waals surface area contributed by atoms with Crippen molar-refractivity contribution in [3.63, 3.8) is 0 Å². The number of hydrogen-bond donors (Lipinski definition) is 1. The third-order valence-corrected chi connectivity index (χ3v) is 4.50. The SMILES string of the molecule is CC1CC(C)CN(C2CCCC(CN)C2)C1. The molecule has 2 heteroatoms. The topological polar surface area (TPSA) is 29.3 Å². The fraction of sp³-hybridized carbons (Fsp3) is 1.00. The molecule has 0 aromatic heterocycles.